The Kier molecular flexibility index (Phi) is 4.79. The maximum Gasteiger partial charge on any atom is 0.421 e. The molecule has 19 heavy (non-hydrogen) atoms. The Labute approximate surface area is 114 Å². The third-order valence-corrected chi connectivity index (χ3v) is 4.29. The van der Waals surface area contributed by atoms with Crippen LogP contribution in [0.25, 0.3) is 0 Å². The van der Waals surface area contributed by atoms with Gasteiger partial charge in [-0.2, -0.15) is 26.3 Å². The standard InChI is InChI=1S/C10H12BrF6NO/c11-8(9(12,13)14,10(15,16)17)7(19)18-6-4-2-1-3-5-6/h6H,1-5H2,(H,18,19). The molecule has 0 aromatic carbocycles. The van der Waals surface area contributed by atoms with Crippen LogP contribution < -0.4 is 5.32 Å². The average molecular weight is 356 g/mol. The lowest BCUT2D eigenvalue weighted by Gasteiger charge is -2.33. The Balaban J connectivity index is 2.90. The Morgan fingerprint density at radius 2 is 1.37 bits per heavy atom. The smallest absolute Gasteiger partial charge is 0.352 e. The molecule has 1 amide bonds. The molecule has 112 valence electrons. The molecule has 0 unspecified atom stereocenters. The van der Waals surface area contributed by atoms with E-state index in [-0.39, 0.29) is 0 Å². The molecule has 0 atom stereocenters. The van der Waals surface area contributed by atoms with Gasteiger partial charge in [-0.3, -0.25) is 4.79 Å². The second kappa shape index (κ2) is 5.49. The normalized spacial score (nSPS) is 19.3. The first-order valence-corrected chi connectivity index (χ1v) is 6.43. The van der Waals surface area contributed by atoms with E-state index in [2.05, 4.69) is 0 Å². The molecule has 1 N–H and O–H groups in total. The SMILES string of the molecule is O=C(NC1CCCCC1)C(Br)(C(F)(F)F)C(F)(F)F. The topological polar surface area (TPSA) is 29.1 Å². The molecule has 1 aliphatic rings. The summed E-state index contributed by atoms with van der Waals surface area (Å²) in [7, 11) is 0. The summed E-state index contributed by atoms with van der Waals surface area (Å²) in [5, 5.41) is 1.85. The second-order valence-electron chi connectivity index (χ2n) is 4.46. The van der Waals surface area contributed by atoms with E-state index in [1.54, 1.807) is 15.9 Å². The van der Waals surface area contributed by atoms with Crippen molar-refractivity contribution in [1.82, 2.24) is 5.32 Å². The molecule has 2 nitrogen and oxygen atoms in total. The first-order valence-electron chi connectivity index (χ1n) is 5.63. The van der Waals surface area contributed by atoms with Crippen LogP contribution >= 0.6 is 15.9 Å². The van der Waals surface area contributed by atoms with Crippen molar-refractivity contribution in [2.75, 3.05) is 0 Å². The molecular weight excluding hydrogens is 344 g/mol. The lowest BCUT2D eigenvalue weighted by atomic mass is 9.94. The minimum atomic E-state index is -5.76. The van der Waals surface area contributed by atoms with Crippen LogP contribution in [0.2, 0.25) is 0 Å². The number of hydrogen-bond acceptors (Lipinski definition) is 1. The zero-order chi connectivity index (χ0) is 14.9. The molecule has 1 aliphatic carbocycles. The van der Waals surface area contributed by atoms with Gasteiger partial charge in [-0.1, -0.05) is 35.2 Å². The molecule has 0 aromatic rings. The Morgan fingerprint density at radius 1 is 0.947 bits per heavy atom. The van der Waals surface area contributed by atoms with E-state index >= 15 is 0 Å². The lowest BCUT2D eigenvalue weighted by Crippen LogP contribution is -2.62. The number of halogens is 7. The highest BCUT2D eigenvalue weighted by atomic mass is 79.9. The van der Waals surface area contributed by atoms with Gasteiger partial charge in [-0.05, 0) is 12.8 Å². The summed E-state index contributed by atoms with van der Waals surface area (Å²) in [6, 6.07) is -0.636. The number of hydrogen-bond donors (Lipinski definition) is 1. The molecule has 0 bridgehead atoms. The summed E-state index contributed by atoms with van der Waals surface area (Å²) in [6.45, 7) is 0. The van der Waals surface area contributed by atoms with Gasteiger partial charge >= 0.3 is 12.4 Å². The molecule has 0 aromatic heterocycles. The zero-order valence-corrected chi connectivity index (χ0v) is 11.3. The molecule has 0 heterocycles. The maximum absolute atomic E-state index is 12.6. The average Bonchev–Trinajstić information content (AvgIpc) is 2.26. The number of alkyl halides is 7. The molecule has 0 radical (unpaired) electrons. The third kappa shape index (κ3) is 3.35. The summed E-state index contributed by atoms with van der Waals surface area (Å²) in [5.74, 6) is -2.10. The van der Waals surface area contributed by atoms with Crippen molar-refractivity contribution in [1.29, 1.82) is 0 Å². The highest BCUT2D eigenvalue weighted by molar-refractivity contribution is 9.10. The van der Waals surface area contributed by atoms with Crippen molar-refractivity contribution < 1.29 is 31.1 Å². The fourth-order valence-electron chi connectivity index (χ4n) is 1.95. The van der Waals surface area contributed by atoms with Gasteiger partial charge in [0.05, 0.1) is 0 Å². The molecule has 1 fully saturated rings. The lowest BCUT2D eigenvalue weighted by molar-refractivity contribution is -0.255. The van der Waals surface area contributed by atoms with Gasteiger partial charge in [-0.25, -0.2) is 0 Å². The van der Waals surface area contributed by atoms with Crippen molar-refractivity contribution in [2.45, 2.75) is 54.8 Å². The van der Waals surface area contributed by atoms with Crippen molar-refractivity contribution in [3.8, 4) is 0 Å². The summed E-state index contributed by atoms with van der Waals surface area (Å²) in [4.78, 5) is 11.4. The quantitative estimate of drug-likeness (QED) is 0.594. The van der Waals surface area contributed by atoms with E-state index < -0.39 is 28.6 Å². The number of nitrogens with one attached hydrogen (secondary N) is 1. The van der Waals surface area contributed by atoms with Crippen molar-refractivity contribution in [2.24, 2.45) is 0 Å². The number of amides is 1. The number of rotatable bonds is 2. The fraction of sp³-hybridized carbons (Fsp3) is 0.900. The van der Waals surface area contributed by atoms with Gasteiger partial charge in [0.1, 0.15) is 0 Å². The first-order chi connectivity index (χ1) is 8.50. The van der Waals surface area contributed by atoms with Crippen LogP contribution in [-0.4, -0.2) is 28.6 Å². The molecule has 0 aliphatic heterocycles. The first kappa shape index (κ1) is 16.6. The molecular formula is C10H12BrF6NO. The zero-order valence-electron chi connectivity index (χ0n) is 9.67. The van der Waals surface area contributed by atoms with Crippen LogP contribution in [0.4, 0.5) is 26.3 Å². The Bertz CT molecular complexity index is 320. The predicted octanol–water partition coefficient (Wildman–Crippen LogP) is 3.69. The largest absolute Gasteiger partial charge is 0.421 e. The monoisotopic (exact) mass is 355 g/mol. The van der Waals surface area contributed by atoms with Gasteiger partial charge in [0.25, 0.3) is 10.2 Å². The van der Waals surface area contributed by atoms with Gasteiger partial charge < -0.3 is 5.32 Å². The van der Waals surface area contributed by atoms with Crippen molar-refractivity contribution in [3.63, 3.8) is 0 Å². The van der Waals surface area contributed by atoms with Crippen LogP contribution in [0.15, 0.2) is 0 Å². The molecule has 1 rings (SSSR count). The molecule has 0 spiro atoms. The van der Waals surface area contributed by atoms with E-state index in [1.165, 1.54) is 0 Å². The van der Waals surface area contributed by atoms with Gasteiger partial charge in [0.15, 0.2) is 0 Å². The van der Waals surface area contributed by atoms with Crippen LogP contribution in [0.3, 0.4) is 0 Å². The van der Waals surface area contributed by atoms with Crippen LogP contribution in [0.5, 0.6) is 0 Å². The molecule has 0 saturated heterocycles. The fourth-order valence-corrected chi connectivity index (χ4v) is 2.06. The minimum Gasteiger partial charge on any atom is -0.352 e. The van der Waals surface area contributed by atoms with Gasteiger partial charge in [0.2, 0.25) is 0 Å². The maximum atomic E-state index is 12.6. The summed E-state index contributed by atoms with van der Waals surface area (Å²) in [5.41, 5.74) is 0. The second-order valence-corrected chi connectivity index (χ2v) is 5.65. The van der Waals surface area contributed by atoms with E-state index in [0.29, 0.717) is 25.7 Å². The van der Waals surface area contributed by atoms with E-state index in [9.17, 15) is 31.1 Å². The summed E-state index contributed by atoms with van der Waals surface area (Å²) < 4.78 is 70.9. The minimum absolute atomic E-state index is 0.393. The molecule has 1 saturated carbocycles. The number of carbonyl (C=O) groups is 1. The Morgan fingerprint density at radius 3 is 1.74 bits per heavy atom. The van der Waals surface area contributed by atoms with Crippen LogP contribution in [0, 0.1) is 0 Å². The Hall–Kier alpha value is -0.470. The number of carbonyl (C=O) groups excluding carboxylic acids is 1. The summed E-state index contributed by atoms with van der Waals surface area (Å²) in [6.07, 6.45) is -8.51. The molecule has 9 heteroatoms. The van der Waals surface area contributed by atoms with Crippen molar-refractivity contribution >= 4 is 21.8 Å². The highest BCUT2D eigenvalue weighted by Gasteiger charge is 2.74. The van der Waals surface area contributed by atoms with Crippen molar-refractivity contribution in [3.05, 3.63) is 0 Å². The third-order valence-electron chi connectivity index (χ3n) is 3.03. The van der Waals surface area contributed by atoms with Crippen LogP contribution in [-0.2, 0) is 4.79 Å². The van der Waals surface area contributed by atoms with Crippen LogP contribution in [0.1, 0.15) is 32.1 Å². The summed E-state index contributed by atoms with van der Waals surface area (Å²) >= 11 is 1.56. The van der Waals surface area contributed by atoms with Gasteiger partial charge in [-0.15, -0.1) is 0 Å². The van der Waals surface area contributed by atoms with E-state index in [1.807, 2.05) is 5.32 Å². The van der Waals surface area contributed by atoms with E-state index in [4.69, 9.17) is 0 Å². The van der Waals surface area contributed by atoms with E-state index in [0.717, 1.165) is 6.42 Å². The highest BCUT2D eigenvalue weighted by Crippen LogP contribution is 2.49. The van der Waals surface area contributed by atoms with Gasteiger partial charge in [0, 0.05) is 6.04 Å². The predicted molar refractivity (Wildman–Crippen MR) is 58.8 cm³/mol.